The van der Waals surface area contributed by atoms with E-state index in [1.807, 2.05) is 0 Å². The van der Waals surface area contributed by atoms with E-state index in [2.05, 4.69) is 10.1 Å². The number of ether oxygens (including phenoxy) is 1. The van der Waals surface area contributed by atoms with Gasteiger partial charge in [-0.15, -0.1) is 13.2 Å². The fraction of sp³-hybridized carbons (Fsp3) is 0.0714. The number of hydrogen-bond acceptors (Lipinski definition) is 3. The Bertz CT molecular complexity index is 751. The maximum atomic E-state index is 12.1. The topological polar surface area (TPSA) is 58.6 Å². The molecule has 1 amide bonds. The number of anilines is 1. The standard InChI is InChI=1S/C14H8Cl2F3NO3/c15-7-1-3-11(21)9(5-7)13(22)20-8-2-4-12(10(16)6-8)23-14(17,18)19/h1-6,21H,(H,20,22). The van der Waals surface area contributed by atoms with Crippen molar-refractivity contribution in [1.82, 2.24) is 0 Å². The molecule has 0 aromatic heterocycles. The lowest BCUT2D eigenvalue weighted by atomic mass is 10.2. The minimum atomic E-state index is -4.87. The highest BCUT2D eigenvalue weighted by Crippen LogP contribution is 2.32. The normalized spacial score (nSPS) is 11.2. The van der Waals surface area contributed by atoms with Crippen LogP contribution in [0.15, 0.2) is 36.4 Å². The van der Waals surface area contributed by atoms with Gasteiger partial charge >= 0.3 is 6.36 Å². The van der Waals surface area contributed by atoms with Crippen LogP contribution in [-0.2, 0) is 0 Å². The zero-order valence-corrected chi connectivity index (χ0v) is 12.6. The van der Waals surface area contributed by atoms with Crippen molar-refractivity contribution in [2.45, 2.75) is 6.36 Å². The van der Waals surface area contributed by atoms with E-state index in [1.54, 1.807) is 0 Å². The van der Waals surface area contributed by atoms with Crippen molar-refractivity contribution in [1.29, 1.82) is 0 Å². The molecular weight excluding hydrogens is 358 g/mol. The van der Waals surface area contributed by atoms with Crippen molar-refractivity contribution >= 4 is 34.8 Å². The van der Waals surface area contributed by atoms with Crippen molar-refractivity contribution < 1.29 is 27.8 Å². The number of halogens is 5. The number of rotatable bonds is 3. The first-order valence-corrected chi connectivity index (χ1v) is 6.76. The summed E-state index contributed by atoms with van der Waals surface area (Å²) in [5.41, 5.74) is 0.0261. The van der Waals surface area contributed by atoms with Crippen LogP contribution in [0.25, 0.3) is 0 Å². The first kappa shape index (κ1) is 17.2. The first-order chi connectivity index (χ1) is 10.7. The molecule has 122 valence electrons. The predicted octanol–water partition coefficient (Wildman–Crippen LogP) is 4.85. The molecule has 0 radical (unpaired) electrons. The molecular formula is C14H8Cl2F3NO3. The lowest BCUT2D eigenvalue weighted by Gasteiger charge is -2.12. The van der Waals surface area contributed by atoms with Crippen LogP contribution in [0.3, 0.4) is 0 Å². The second-order valence-corrected chi connectivity index (χ2v) is 5.15. The minimum Gasteiger partial charge on any atom is -0.507 e. The molecule has 2 N–H and O–H groups in total. The molecule has 4 nitrogen and oxygen atoms in total. The molecule has 0 bridgehead atoms. The Kier molecular flexibility index (Phi) is 4.91. The molecule has 0 fully saturated rings. The van der Waals surface area contributed by atoms with Gasteiger partial charge in [0.15, 0.2) is 0 Å². The molecule has 9 heteroatoms. The van der Waals surface area contributed by atoms with Crippen molar-refractivity contribution in [3.63, 3.8) is 0 Å². The second kappa shape index (κ2) is 6.55. The number of carbonyl (C=O) groups excluding carboxylic acids is 1. The Labute approximate surface area is 138 Å². The van der Waals surface area contributed by atoms with Gasteiger partial charge in [0.05, 0.1) is 10.6 Å². The summed E-state index contributed by atoms with van der Waals surface area (Å²) in [5.74, 6) is -1.59. The number of nitrogens with one attached hydrogen (secondary N) is 1. The van der Waals surface area contributed by atoms with Gasteiger partial charge in [-0.05, 0) is 36.4 Å². The Hall–Kier alpha value is -2.12. The molecule has 0 aliphatic heterocycles. The van der Waals surface area contributed by atoms with Gasteiger partial charge in [-0.3, -0.25) is 4.79 Å². The number of alkyl halides is 3. The Balaban J connectivity index is 2.19. The third-order valence-electron chi connectivity index (χ3n) is 2.62. The van der Waals surface area contributed by atoms with E-state index in [9.17, 15) is 23.1 Å². The third kappa shape index (κ3) is 4.67. The lowest BCUT2D eigenvalue weighted by Crippen LogP contribution is -2.17. The molecule has 0 saturated carbocycles. The van der Waals surface area contributed by atoms with Crippen LogP contribution in [0.2, 0.25) is 10.0 Å². The van der Waals surface area contributed by atoms with Gasteiger partial charge < -0.3 is 15.2 Å². The van der Waals surface area contributed by atoms with Crippen molar-refractivity contribution in [3.05, 3.63) is 52.0 Å². The summed E-state index contributed by atoms with van der Waals surface area (Å²) >= 11 is 11.4. The van der Waals surface area contributed by atoms with Crippen LogP contribution in [-0.4, -0.2) is 17.4 Å². The van der Waals surface area contributed by atoms with E-state index in [0.29, 0.717) is 0 Å². The van der Waals surface area contributed by atoms with Gasteiger partial charge in [0.25, 0.3) is 5.91 Å². The summed E-state index contributed by atoms with van der Waals surface area (Å²) in [6.45, 7) is 0. The predicted molar refractivity (Wildman–Crippen MR) is 79.2 cm³/mol. The molecule has 0 heterocycles. The average molecular weight is 366 g/mol. The molecule has 0 spiro atoms. The fourth-order valence-corrected chi connectivity index (χ4v) is 2.07. The van der Waals surface area contributed by atoms with Crippen LogP contribution in [0.4, 0.5) is 18.9 Å². The molecule has 0 saturated heterocycles. The second-order valence-electron chi connectivity index (χ2n) is 4.31. The number of benzene rings is 2. The van der Waals surface area contributed by atoms with E-state index in [-0.39, 0.29) is 27.0 Å². The van der Waals surface area contributed by atoms with Crippen molar-refractivity contribution in [2.24, 2.45) is 0 Å². The van der Waals surface area contributed by atoms with E-state index in [1.165, 1.54) is 24.3 Å². The summed E-state index contributed by atoms with van der Waals surface area (Å²) < 4.78 is 40.1. The smallest absolute Gasteiger partial charge is 0.507 e. The summed E-state index contributed by atoms with van der Waals surface area (Å²) in [4.78, 5) is 12.0. The summed E-state index contributed by atoms with van der Waals surface area (Å²) in [7, 11) is 0. The summed E-state index contributed by atoms with van der Waals surface area (Å²) in [6, 6.07) is 7.10. The van der Waals surface area contributed by atoms with Gasteiger partial charge in [0.2, 0.25) is 0 Å². The van der Waals surface area contributed by atoms with E-state index in [0.717, 1.165) is 12.1 Å². The SMILES string of the molecule is O=C(Nc1ccc(OC(F)(F)F)c(Cl)c1)c1cc(Cl)ccc1O. The largest absolute Gasteiger partial charge is 0.573 e. The average Bonchev–Trinajstić information content (AvgIpc) is 2.43. The highest BCUT2D eigenvalue weighted by molar-refractivity contribution is 6.32. The summed E-state index contributed by atoms with van der Waals surface area (Å²) in [5, 5.41) is 11.9. The molecule has 2 aromatic carbocycles. The Morgan fingerprint density at radius 3 is 2.43 bits per heavy atom. The quantitative estimate of drug-likeness (QED) is 0.817. The van der Waals surface area contributed by atoms with E-state index >= 15 is 0 Å². The lowest BCUT2D eigenvalue weighted by molar-refractivity contribution is -0.274. The first-order valence-electron chi connectivity index (χ1n) is 6.01. The molecule has 23 heavy (non-hydrogen) atoms. The molecule has 0 aliphatic carbocycles. The Morgan fingerprint density at radius 1 is 1.13 bits per heavy atom. The number of carbonyl (C=O) groups is 1. The van der Waals surface area contributed by atoms with Gasteiger partial charge in [-0.1, -0.05) is 23.2 Å². The van der Waals surface area contributed by atoms with Crippen LogP contribution in [0.1, 0.15) is 10.4 Å². The van der Waals surface area contributed by atoms with Gasteiger partial charge in [0.1, 0.15) is 11.5 Å². The number of aromatic hydroxyl groups is 1. The zero-order chi connectivity index (χ0) is 17.2. The van der Waals surface area contributed by atoms with Crippen LogP contribution in [0, 0.1) is 0 Å². The number of amides is 1. The van der Waals surface area contributed by atoms with E-state index < -0.39 is 18.0 Å². The molecule has 2 rings (SSSR count). The van der Waals surface area contributed by atoms with Gasteiger partial charge in [-0.2, -0.15) is 0 Å². The van der Waals surface area contributed by atoms with Crippen molar-refractivity contribution in [3.8, 4) is 11.5 Å². The van der Waals surface area contributed by atoms with Crippen LogP contribution in [0.5, 0.6) is 11.5 Å². The van der Waals surface area contributed by atoms with Crippen molar-refractivity contribution in [2.75, 3.05) is 5.32 Å². The molecule has 0 unspecified atom stereocenters. The molecule has 0 atom stereocenters. The minimum absolute atomic E-state index is 0.0933. The van der Waals surface area contributed by atoms with Crippen LogP contribution < -0.4 is 10.1 Å². The maximum Gasteiger partial charge on any atom is 0.573 e. The Morgan fingerprint density at radius 2 is 1.83 bits per heavy atom. The number of phenolic OH excluding ortho intramolecular Hbond substituents is 1. The van der Waals surface area contributed by atoms with Crippen LogP contribution >= 0.6 is 23.2 Å². The van der Waals surface area contributed by atoms with E-state index in [4.69, 9.17) is 23.2 Å². The van der Waals surface area contributed by atoms with Gasteiger partial charge in [0, 0.05) is 10.7 Å². The number of hydrogen-bond donors (Lipinski definition) is 2. The fourth-order valence-electron chi connectivity index (χ4n) is 1.67. The molecule has 2 aromatic rings. The van der Waals surface area contributed by atoms with Gasteiger partial charge in [-0.25, -0.2) is 0 Å². The highest BCUT2D eigenvalue weighted by atomic mass is 35.5. The summed E-state index contributed by atoms with van der Waals surface area (Å²) in [6.07, 6.45) is -4.87. The number of phenols is 1. The third-order valence-corrected chi connectivity index (χ3v) is 3.15. The maximum absolute atomic E-state index is 12.1. The monoisotopic (exact) mass is 365 g/mol. The zero-order valence-electron chi connectivity index (χ0n) is 11.1. The molecule has 0 aliphatic rings. The highest BCUT2D eigenvalue weighted by Gasteiger charge is 2.32.